The van der Waals surface area contributed by atoms with Gasteiger partial charge in [-0.3, -0.25) is 0 Å². The van der Waals surface area contributed by atoms with Gasteiger partial charge in [-0.05, 0) is 30.0 Å². The molecule has 0 spiro atoms. The SMILES string of the molecule is CCCCCCCCC(OC)c1oc(-c2ccccc2)c([Si](C)(C)C)c1CCCCCC. The summed E-state index contributed by atoms with van der Waals surface area (Å²) in [5, 5.41) is 1.51. The molecule has 0 amide bonds. The van der Waals surface area contributed by atoms with Gasteiger partial charge >= 0.3 is 0 Å². The molecule has 2 nitrogen and oxygen atoms in total. The van der Waals surface area contributed by atoms with Crippen molar-refractivity contribution in [3.8, 4) is 11.3 Å². The number of hydrogen-bond acceptors (Lipinski definition) is 2. The zero-order chi connectivity index (χ0) is 23.4. The summed E-state index contributed by atoms with van der Waals surface area (Å²) in [6, 6.07) is 10.7. The van der Waals surface area contributed by atoms with Crippen molar-refractivity contribution < 1.29 is 9.15 Å². The molecule has 32 heavy (non-hydrogen) atoms. The Labute approximate surface area is 199 Å². The Morgan fingerprint density at radius 3 is 2.00 bits per heavy atom. The van der Waals surface area contributed by atoms with E-state index in [0.717, 1.165) is 24.4 Å². The molecule has 0 aliphatic heterocycles. The van der Waals surface area contributed by atoms with Crippen LogP contribution in [0.3, 0.4) is 0 Å². The van der Waals surface area contributed by atoms with Crippen LogP contribution in [-0.2, 0) is 11.2 Å². The van der Waals surface area contributed by atoms with Crippen LogP contribution in [0.25, 0.3) is 11.3 Å². The van der Waals surface area contributed by atoms with Crippen LogP contribution in [0.4, 0.5) is 0 Å². The van der Waals surface area contributed by atoms with Crippen LogP contribution in [0.1, 0.15) is 102 Å². The number of furan rings is 1. The largest absolute Gasteiger partial charge is 0.458 e. The van der Waals surface area contributed by atoms with Gasteiger partial charge in [-0.2, -0.15) is 0 Å². The van der Waals surface area contributed by atoms with Gasteiger partial charge in [0.2, 0.25) is 0 Å². The Bertz CT molecular complexity index is 757. The molecule has 0 fully saturated rings. The van der Waals surface area contributed by atoms with E-state index in [0.29, 0.717) is 0 Å². The zero-order valence-electron chi connectivity index (χ0n) is 21.8. The normalized spacial score (nSPS) is 12.9. The summed E-state index contributed by atoms with van der Waals surface area (Å²) >= 11 is 0. The summed E-state index contributed by atoms with van der Waals surface area (Å²) in [4.78, 5) is 0. The van der Waals surface area contributed by atoms with Crippen LogP contribution in [0.2, 0.25) is 19.6 Å². The molecular weight excluding hydrogens is 408 g/mol. The molecular formula is C29H48O2Si. The van der Waals surface area contributed by atoms with E-state index < -0.39 is 8.07 Å². The lowest BCUT2D eigenvalue weighted by molar-refractivity contribution is 0.0739. The third-order valence-electron chi connectivity index (χ3n) is 6.50. The molecule has 0 bridgehead atoms. The first-order chi connectivity index (χ1) is 15.4. The van der Waals surface area contributed by atoms with Crippen LogP contribution in [0.15, 0.2) is 34.7 Å². The number of ether oxygens (including phenoxy) is 1. The average molecular weight is 457 g/mol. The highest BCUT2D eigenvalue weighted by atomic mass is 28.3. The molecule has 1 unspecified atom stereocenters. The van der Waals surface area contributed by atoms with Gasteiger partial charge in [0, 0.05) is 12.7 Å². The van der Waals surface area contributed by atoms with Gasteiger partial charge in [0.25, 0.3) is 0 Å². The monoisotopic (exact) mass is 456 g/mol. The first-order valence-corrected chi connectivity index (χ1v) is 16.7. The van der Waals surface area contributed by atoms with Crippen LogP contribution in [0, 0.1) is 0 Å². The third-order valence-corrected chi connectivity index (χ3v) is 8.53. The van der Waals surface area contributed by atoms with E-state index in [4.69, 9.17) is 9.15 Å². The first kappa shape index (κ1) is 26.9. The predicted molar refractivity (Wildman–Crippen MR) is 143 cm³/mol. The smallest absolute Gasteiger partial charge is 0.136 e. The third kappa shape index (κ3) is 7.92. The molecule has 3 heteroatoms. The minimum absolute atomic E-state index is 0.0647. The lowest BCUT2D eigenvalue weighted by atomic mass is 10.00. The Balaban J connectivity index is 2.36. The lowest BCUT2D eigenvalue weighted by Crippen LogP contribution is -2.40. The van der Waals surface area contributed by atoms with E-state index in [1.54, 1.807) is 0 Å². The van der Waals surface area contributed by atoms with Gasteiger partial charge in [-0.25, -0.2) is 0 Å². The van der Waals surface area contributed by atoms with Crippen molar-refractivity contribution in [1.82, 2.24) is 0 Å². The van der Waals surface area contributed by atoms with Crippen molar-refractivity contribution >= 4 is 13.3 Å². The van der Waals surface area contributed by atoms with Crippen LogP contribution >= 0.6 is 0 Å². The molecule has 0 saturated heterocycles. The maximum atomic E-state index is 6.77. The van der Waals surface area contributed by atoms with Crippen LogP contribution < -0.4 is 5.19 Å². The van der Waals surface area contributed by atoms with Crippen molar-refractivity contribution in [3.63, 3.8) is 0 Å². The van der Waals surface area contributed by atoms with E-state index in [1.807, 2.05) is 7.11 Å². The number of methoxy groups -OCH3 is 1. The highest BCUT2D eigenvalue weighted by Crippen LogP contribution is 2.35. The summed E-state index contributed by atoms with van der Waals surface area (Å²) < 4.78 is 12.8. The van der Waals surface area contributed by atoms with Crippen molar-refractivity contribution in [2.75, 3.05) is 7.11 Å². The van der Waals surface area contributed by atoms with Crippen molar-refractivity contribution in [1.29, 1.82) is 0 Å². The Morgan fingerprint density at radius 1 is 0.812 bits per heavy atom. The number of hydrogen-bond donors (Lipinski definition) is 0. The molecule has 0 radical (unpaired) electrons. The quantitative estimate of drug-likeness (QED) is 0.186. The molecule has 0 aliphatic carbocycles. The Hall–Kier alpha value is -1.32. The zero-order valence-corrected chi connectivity index (χ0v) is 22.8. The second-order valence-corrected chi connectivity index (χ2v) is 15.4. The minimum atomic E-state index is -1.61. The van der Waals surface area contributed by atoms with Crippen molar-refractivity contribution in [3.05, 3.63) is 41.7 Å². The molecule has 0 aliphatic rings. The molecule has 1 atom stereocenters. The summed E-state index contributed by atoms with van der Waals surface area (Å²) in [6.07, 6.45) is 15.2. The molecule has 0 saturated carbocycles. The topological polar surface area (TPSA) is 22.4 Å². The second-order valence-electron chi connectivity index (χ2n) is 10.4. The van der Waals surface area contributed by atoms with Crippen molar-refractivity contribution in [2.24, 2.45) is 0 Å². The van der Waals surface area contributed by atoms with E-state index in [-0.39, 0.29) is 6.10 Å². The average Bonchev–Trinajstić information content (AvgIpc) is 3.17. The predicted octanol–water partition coefficient (Wildman–Crippen LogP) is 9.05. The maximum absolute atomic E-state index is 6.77. The van der Waals surface area contributed by atoms with E-state index in [1.165, 1.54) is 80.5 Å². The highest BCUT2D eigenvalue weighted by molar-refractivity contribution is 6.90. The fraction of sp³-hybridized carbons (Fsp3) is 0.655. The Morgan fingerprint density at radius 2 is 1.41 bits per heavy atom. The van der Waals surface area contributed by atoms with Gasteiger partial charge in [0.05, 0.1) is 8.07 Å². The highest BCUT2D eigenvalue weighted by Gasteiger charge is 2.33. The summed E-state index contributed by atoms with van der Waals surface area (Å²) in [7, 11) is 0.249. The number of rotatable bonds is 16. The van der Waals surface area contributed by atoms with Gasteiger partial charge < -0.3 is 9.15 Å². The molecule has 1 aromatic heterocycles. The summed E-state index contributed by atoms with van der Waals surface area (Å²) in [5.74, 6) is 2.23. The first-order valence-electron chi connectivity index (χ1n) is 13.2. The fourth-order valence-electron chi connectivity index (χ4n) is 4.77. The molecule has 0 N–H and O–H groups in total. The number of benzene rings is 1. The standard InChI is InChI=1S/C29H48O2Si/c1-7-9-11-13-14-19-23-26(30-3)28-25(22-18-12-10-8-2)29(32(4,5)6)27(31-28)24-20-16-15-17-21-24/h15-17,20-21,26H,7-14,18-19,22-23H2,1-6H3. The summed E-state index contributed by atoms with van der Waals surface area (Å²) in [6.45, 7) is 11.9. The lowest BCUT2D eigenvalue weighted by Gasteiger charge is -2.20. The van der Waals surface area contributed by atoms with E-state index >= 15 is 0 Å². The molecule has 2 aromatic rings. The molecule has 1 heterocycles. The van der Waals surface area contributed by atoms with Crippen LogP contribution in [0.5, 0.6) is 0 Å². The second kappa shape index (κ2) is 14.1. The minimum Gasteiger partial charge on any atom is -0.458 e. The summed E-state index contributed by atoms with van der Waals surface area (Å²) in [5.41, 5.74) is 2.68. The van der Waals surface area contributed by atoms with Crippen molar-refractivity contribution in [2.45, 2.75) is 117 Å². The number of unbranched alkanes of at least 4 members (excludes halogenated alkanes) is 8. The molecule has 2 rings (SSSR count). The fourth-order valence-corrected chi connectivity index (χ4v) is 6.80. The maximum Gasteiger partial charge on any atom is 0.136 e. The van der Waals surface area contributed by atoms with E-state index in [9.17, 15) is 0 Å². The van der Waals surface area contributed by atoms with Crippen LogP contribution in [-0.4, -0.2) is 15.2 Å². The van der Waals surface area contributed by atoms with Gasteiger partial charge in [0.1, 0.15) is 17.6 Å². The Kier molecular flexibility index (Phi) is 11.8. The van der Waals surface area contributed by atoms with Gasteiger partial charge in [-0.15, -0.1) is 0 Å². The van der Waals surface area contributed by atoms with Gasteiger partial charge in [-0.1, -0.05) is 122 Å². The van der Waals surface area contributed by atoms with Gasteiger partial charge in [0.15, 0.2) is 0 Å². The molecule has 1 aromatic carbocycles. The molecule has 180 valence electrons. The van der Waals surface area contributed by atoms with E-state index in [2.05, 4.69) is 63.8 Å².